The van der Waals surface area contributed by atoms with E-state index in [4.69, 9.17) is 5.73 Å². The largest absolute Gasteiger partial charge is 0.399 e. The van der Waals surface area contributed by atoms with E-state index < -0.39 is 0 Å². The monoisotopic (exact) mass is 287 g/mol. The first kappa shape index (κ1) is 14.6. The highest BCUT2D eigenvalue weighted by molar-refractivity contribution is 5.98. The van der Waals surface area contributed by atoms with Crippen molar-refractivity contribution in [3.05, 3.63) is 41.7 Å². The number of benzene rings is 1. The molecule has 2 aromatic rings. The van der Waals surface area contributed by atoms with Crippen molar-refractivity contribution in [3.63, 3.8) is 0 Å². The van der Waals surface area contributed by atoms with Gasteiger partial charge in [0.05, 0.1) is 11.3 Å². The molecule has 7 nitrogen and oxygen atoms in total. The number of hydrogen-bond acceptors (Lipinski definition) is 4. The molecule has 3 N–H and O–H groups in total. The number of nitrogens with two attached hydrogens (primary N) is 1. The second kappa shape index (κ2) is 5.66. The molecule has 1 aromatic heterocycles. The summed E-state index contributed by atoms with van der Waals surface area (Å²) in [5, 5.41) is 6.67. The van der Waals surface area contributed by atoms with Gasteiger partial charge in [0.15, 0.2) is 5.69 Å². The van der Waals surface area contributed by atoms with E-state index in [0.29, 0.717) is 16.9 Å². The van der Waals surface area contributed by atoms with Crippen molar-refractivity contribution in [1.29, 1.82) is 0 Å². The van der Waals surface area contributed by atoms with Gasteiger partial charge in [-0.05, 0) is 24.3 Å². The summed E-state index contributed by atoms with van der Waals surface area (Å²) in [4.78, 5) is 25.2. The molecule has 7 heteroatoms. The van der Waals surface area contributed by atoms with E-state index in [1.54, 1.807) is 44.6 Å². The molecule has 2 rings (SSSR count). The Morgan fingerprint density at radius 3 is 2.62 bits per heavy atom. The van der Waals surface area contributed by atoms with Gasteiger partial charge < -0.3 is 16.0 Å². The number of anilines is 1. The summed E-state index contributed by atoms with van der Waals surface area (Å²) in [6.07, 6.45) is 1.62. The molecule has 0 saturated carbocycles. The van der Waals surface area contributed by atoms with Gasteiger partial charge in [-0.2, -0.15) is 5.10 Å². The van der Waals surface area contributed by atoms with Crippen LogP contribution in [0.4, 0.5) is 5.69 Å². The van der Waals surface area contributed by atoms with Crippen LogP contribution in [-0.4, -0.2) is 47.6 Å². The lowest BCUT2D eigenvalue weighted by Gasteiger charge is -2.14. The zero-order chi connectivity index (χ0) is 15.6. The minimum atomic E-state index is -0.293. The molecule has 1 aromatic carbocycles. The minimum Gasteiger partial charge on any atom is -0.399 e. The van der Waals surface area contributed by atoms with E-state index >= 15 is 0 Å². The van der Waals surface area contributed by atoms with Crippen molar-refractivity contribution in [2.24, 2.45) is 0 Å². The summed E-state index contributed by atoms with van der Waals surface area (Å²) in [6, 6.07) is 6.53. The highest BCUT2D eigenvalue weighted by Gasteiger charge is 2.17. The lowest BCUT2D eigenvalue weighted by Crippen LogP contribution is -2.23. The zero-order valence-electron chi connectivity index (χ0n) is 12.1. The lowest BCUT2D eigenvalue weighted by atomic mass is 10.1. The molecule has 0 spiro atoms. The van der Waals surface area contributed by atoms with Crippen molar-refractivity contribution in [1.82, 2.24) is 20.0 Å². The van der Waals surface area contributed by atoms with E-state index in [0.717, 1.165) is 0 Å². The van der Waals surface area contributed by atoms with E-state index in [1.807, 2.05) is 0 Å². The number of hydrogen-bond donors (Lipinski definition) is 2. The van der Waals surface area contributed by atoms with Crippen LogP contribution in [0.3, 0.4) is 0 Å². The number of nitrogen functional groups attached to an aromatic ring is 1. The number of carbonyl (C=O) groups is 2. The Morgan fingerprint density at radius 1 is 1.29 bits per heavy atom. The molecule has 0 fully saturated rings. The Bertz CT molecular complexity index is 690. The molecule has 0 atom stereocenters. The van der Waals surface area contributed by atoms with Crippen LogP contribution in [0.5, 0.6) is 0 Å². The Labute approximate surface area is 122 Å². The maximum Gasteiger partial charge on any atom is 0.271 e. The van der Waals surface area contributed by atoms with Crippen molar-refractivity contribution in [2.75, 3.05) is 26.9 Å². The molecule has 0 aliphatic heterocycles. The molecule has 0 saturated heterocycles. The third-order valence-corrected chi connectivity index (χ3v) is 2.95. The summed E-state index contributed by atoms with van der Waals surface area (Å²) in [6.45, 7) is 0. The van der Waals surface area contributed by atoms with Crippen LogP contribution in [0.15, 0.2) is 30.5 Å². The summed E-state index contributed by atoms with van der Waals surface area (Å²) in [7, 11) is 4.87. The molecular formula is C14H17N5O2. The van der Waals surface area contributed by atoms with Crippen LogP contribution in [0, 0.1) is 0 Å². The summed E-state index contributed by atoms with van der Waals surface area (Å²) < 4.78 is 1.47. The molecule has 0 radical (unpaired) electrons. The zero-order valence-corrected chi connectivity index (χ0v) is 12.1. The Hall–Kier alpha value is -2.83. The van der Waals surface area contributed by atoms with E-state index in [9.17, 15) is 9.59 Å². The van der Waals surface area contributed by atoms with Crippen LogP contribution in [0.1, 0.15) is 20.8 Å². The maximum absolute atomic E-state index is 12.2. The molecule has 21 heavy (non-hydrogen) atoms. The smallest absolute Gasteiger partial charge is 0.271 e. The van der Waals surface area contributed by atoms with Gasteiger partial charge in [0.1, 0.15) is 0 Å². The topological polar surface area (TPSA) is 93.2 Å². The second-order valence-electron chi connectivity index (χ2n) is 4.70. The highest BCUT2D eigenvalue weighted by Crippen LogP contribution is 2.19. The summed E-state index contributed by atoms with van der Waals surface area (Å²) in [5.74, 6) is -0.458. The third-order valence-electron chi connectivity index (χ3n) is 2.95. The Kier molecular flexibility index (Phi) is 3.93. The van der Waals surface area contributed by atoms with Crippen LogP contribution in [0.2, 0.25) is 0 Å². The van der Waals surface area contributed by atoms with Crippen molar-refractivity contribution < 1.29 is 9.59 Å². The van der Waals surface area contributed by atoms with Gasteiger partial charge in [-0.1, -0.05) is 0 Å². The number of rotatable bonds is 3. The van der Waals surface area contributed by atoms with Crippen molar-refractivity contribution >= 4 is 17.5 Å². The normalized spacial score (nSPS) is 10.2. The Morgan fingerprint density at radius 2 is 2.00 bits per heavy atom. The first-order valence-electron chi connectivity index (χ1n) is 6.33. The van der Waals surface area contributed by atoms with Crippen molar-refractivity contribution in [2.45, 2.75) is 0 Å². The van der Waals surface area contributed by atoms with Crippen LogP contribution >= 0.6 is 0 Å². The Balaban J connectivity index is 2.52. The van der Waals surface area contributed by atoms with Gasteiger partial charge in [-0.25, -0.2) is 4.68 Å². The standard InChI is InChI=1S/C14H17N5O2/c1-16-13(20)11-6-7-19(17-11)12-8-9(15)4-5-10(12)14(21)18(2)3/h4-8H,15H2,1-3H3,(H,16,20). The predicted octanol–water partition coefficient (Wildman–Crippen LogP) is 0.516. The highest BCUT2D eigenvalue weighted by atomic mass is 16.2. The van der Waals surface area contributed by atoms with Crippen LogP contribution in [-0.2, 0) is 0 Å². The molecule has 2 amide bonds. The fourth-order valence-electron chi connectivity index (χ4n) is 1.87. The van der Waals surface area contributed by atoms with Crippen LogP contribution < -0.4 is 11.1 Å². The molecule has 0 bridgehead atoms. The van der Waals surface area contributed by atoms with Gasteiger partial charge in [0.25, 0.3) is 11.8 Å². The molecule has 0 aliphatic carbocycles. The number of nitrogens with one attached hydrogen (secondary N) is 1. The SMILES string of the molecule is CNC(=O)c1ccn(-c2cc(N)ccc2C(=O)N(C)C)n1. The molecule has 1 heterocycles. The number of aromatic nitrogens is 2. The molecule has 0 unspecified atom stereocenters. The lowest BCUT2D eigenvalue weighted by molar-refractivity contribution is 0.0827. The summed E-state index contributed by atoms with van der Waals surface area (Å²) in [5.41, 5.74) is 7.56. The van der Waals surface area contributed by atoms with E-state index in [1.165, 1.54) is 16.6 Å². The molecular weight excluding hydrogens is 270 g/mol. The third kappa shape index (κ3) is 2.86. The quantitative estimate of drug-likeness (QED) is 0.805. The van der Waals surface area contributed by atoms with E-state index in [2.05, 4.69) is 10.4 Å². The van der Waals surface area contributed by atoms with Crippen molar-refractivity contribution in [3.8, 4) is 5.69 Å². The first-order chi connectivity index (χ1) is 9.93. The van der Waals surface area contributed by atoms with Gasteiger partial charge >= 0.3 is 0 Å². The van der Waals surface area contributed by atoms with Crippen LogP contribution in [0.25, 0.3) is 5.69 Å². The van der Waals surface area contributed by atoms with E-state index in [-0.39, 0.29) is 17.5 Å². The number of nitrogens with zero attached hydrogens (tertiary/aromatic N) is 3. The van der Waals surface area contributed by atoms with Gasteiger partial charge in [0, 0.05) is 33.0 Å². The minimum absolute atomic E-state index is 0.165. The number of carbonyl (C=O) groups excluding carboxylic acids is 2. The molecule has 0 aliphatic rings. The van der Waals surface area contributed by atoms with Gasteiger partial charge in [-0.3, -0.25) is 9.59 Å². The average molecular weight is 287 g/mol. The fourth-order valence-corrected chi connectivity index (χ4v) is 1.87. The first-order valence-corrected chi connectivity index (χ1v) is 6.33. The molecule has 110 valence electrons. The van der Waals surface area contributed by atoms with Gasteiger partial charge in [0.2, 0.25) is 0 Å². The second-order valence-corrected chi connectivity index (χ2v) is 4.70. The summed E-state index contributed by atoms with van der Waals surface area (Å²) >= 11 is 0. The maximum atomic E-state index is 12.2. The van der Waals surface area contributed by atoms with Gasteiger partial charge in [-0.15, -0.1) is 0 Å². The predicted molar refractivity (Wildman–Crippen MR) is 79.4 cm³/mol. The average Bonchev–Trinajstić information content (AvgIpc) is 2.95. The fraction of sp³-hybridized carbons (Fsp3) is 0.214. The number of amides is 2.